The fourth-order valence-corrected chi connectivity index (χ4v) is 12.4. The van der Waals surface area contributed by atoms with Crippen molar-refractivity contribution in [1.82, 2.24) is 9.97 Å². The number of hydrogen-bond donors (Lipinski definition) is 7. The highest BCUT2D eigenvalue weighted by molar-refractivity contribution is 5.98. The van der Waals surface area contributed by atoms with E-state index in [0.29, 0.717) is 89.8 Å². The summed E-state index contributed by atoms with van der Waals surface area (Å²) in [7, 11) is 1.34. The normalized spacial score (nSPS) is 18.4. The number of nitrogens with zero attached hydrogens (tertiary/aromatic N) is 2. The van der Waals surface area contributed by atoms with Crippen LogP contribution in [0.1, 0.15) is 146 Å². The van der Waals surface area contributed by atoms with Crippen molar-refractivity contribution in [1.29, 1.82) is 0 Å². The maximum Gasteiger partial charge on any atom is 0.337 e. The zero-order valence-electron chi connectivity index (χ0n) is 51.9. The summed E-state index contributed by atoms with van der Waals surface area (Å²) in [6.45, 7) is 7.32. The fraction of sp³-hybridized carbons (Fsp3) is 0.288. The Kier molecular flexibility index (Phi) is 19.2. The molecule has 2 aromatic heterocycles. The van der Waals surface area contributed by atoms with Crippen LogP contribution in [0.2, 0.25) is 0 Å². The van der Waals surface area contributed by atoms with Gasteiger partial charge in [0.05, 0.1) is 44.7 Å². The molecular weight excluding hydrogens is 1190 g/mol. The number of aromatic nitrogens is 2. The molecule has 0 unspecified atom stereocenters. The van der Waals surface area contributed by atoms with Gasteiger partial charge in [0.25, 0.3) is 0 Å². The molecule has 0 spiro atoms. The second kappa shape index (κ2) is 27.8. The molecule has 0 radical (unpaired) electrons. The Labute approximate surface area is 536 Å². The van der Waals surface area contributed by atoms with E-state index in [9.17, 15) is 39.0 Å². The summed E-state index contributed by atoms with van der Waals surface area (Å²) < 4.78 is 29.1. The van der Waals surface area contributed by atoms with Crippen LogP contribution >= 0.6 is 0 Å². The number of aryl methyl sites for hydroxylation is 4. The lowest BCUT2D eigenvalue weighted by atomic mass is 9.98. The van der Waals surface area contributed by atoms with Gasteiger partial charge in [-0.05, 0) is 170 Å². The van der Waals surface area contributed by atoms with Gasteiger partial charge in [-0.25, -0.2) is 19.6 Å². The summed E-state index contributed by atoms with van der Waals surface area (Å²) in [5.74, 6) is 5.05. The number of aliphatic hydroxyl groups excluding tert-OH is 4. The van der Waals surface area contributed by atoms with E-state index >= 15 is 0 Å². The molecule has 8 aromatic rings. The molecule has 6 atom stereocenters. The molecule has 478 valence electrons. The van der Waals surface area contributed by atoms with Crippen LogP contribution in [0.25, 0.3) is 0 Å². The Morgan fingerprint density at radius 3 is 1.25 bits per heavy atom. The number of benzene rings is 6. The van der Waals surface area contributed by atoms with Crippen LogP contribution in [0.15, 0.2) is 134 Å². The van der Waals surface area contributed by atoms with Crippen LogP contribution in [-0.4, -0.2) is 90.1 Å². The highest BCUT2D eigenvalue weighted by Gasteiger charge is 2.60. The predicted octanol–water partition coefficient (Wildman–Crippen LogP) is 11.1. The number of rotatable bonds is 16. The number of hydrogen-bond acceptors (Lipinski definition) is 17. The van der Waals surface area contributed by atoms with Crippen LogP contribution in [0.3, 0.4) is 0 Å². The van der Waals surface area contributed by atoms with Crippen molar-refractivity contribution in [2.24, 2.45) is 11.8 Å². The Bertz CT molecular complexity index is 4060. The van der Waals surface area contributed by atoms with Gasteiger partial charge < -0.3 is 59.9 Å². The molecule has 2 saturated carbocycles. The molecule has 7 N–H and O–H groups in total. The standard InChI is InChI=1S/2C27H24N2O5.C10H12O3.C9H10O3/c2*1-14-10-15(2-3-16(14)13-30)21(31)12-20-25-19-11-17(4-6-22(19)34-26(20)25)33-23-8-9-28-27-18(23)5-7-24(32)29-27;1-7-5-8(10(12)13-2)3-4-9(7)6-11;1-6-4-7(9(11)12)2-3-8(6)5-10/h2*2-4,6,8-11,20,25-26,30H,5,7,12-13H2,1H3,(H,28,29,32);3-5,11H,6H2,1-2H3;2-4,10H,5H2,1H3,(H,11,12)/t2*20-,25-,26+;;/m00../s1. The summed E-state index contributed by atoms with van der Waals surface area (Å²) in [5, 5.41) is 50.6. The third kappa shape index (κ3) is 14.2. The smallest absolute Gasteiger partial charge is 0.337 e. The number of Topliss-reactive ketones (excluding diaryl/α,β-unsaturated/α-hetero) is 2. The van der Waals surface area contributed by atoms with E-state index in [1.807, 2.05) is 93.6 Å². The van der Waals surface area contributed by atoms with Crippen LogP contribution in [0.5, 0.6) is 34.5 Å². The van der Waals surface area contributed by atoms with E-state index < -0.39 is 5.97 Å². The SMILES string of the molecule is COC(=O)c1ccc(CO)c(C)c1.Cc1cc(C(=O)C[C@@H]2[C@H]3Oc4ccc(Oc5ccnc6c5CCC(=O)N6)cc4[C@@H]23)ccc1CO.Cc1cc(C(=O)C[C@@H]2[C@H]3Oc4ccc(Oc5ccnc6c5CCC(=O)N6)cc4[C@@H]23)ccc1CO.Cc1cc(C(=O)O)ccc1CO. The number of fused-ring (bicyclic) bond motifs is 8. The molecule has 20 nitrogen and oxygen atoms in total. The first-order valence-corrected chi connectivity index (χ1v) is 30.6. The van der Waals surface area contributed by atoms with Crippen molar-refractivity contribution in [2.75, 3.05) is 17.7 Å². The van der Waals surface area contributed by atoms with Crippen LogP contribution in [0, 0.1) is 39.5 Å². The Hall–Kier alpha value is -10.1. The van der Waals surface area contributed by atoms with Gasteiger partial charge in [-0.15, -0.1) is 0 Å². The zero-order valence-corrected chi connectivity index (χ0v) is 51.9. The zero-order chi connectivity index (χ0) is 65.8. The quantitative estimate of drug-likeness (QED) is 0.0349. The average molecular weight is 1260 g/mol. The minimum Gasteiger partial charge on any atom is -0.489 e. The minimum atomic E-state index is -0.942. The van der Waals surface area contributed by atoms with Crippen LogP contribution in [-0.2, 0) is 53.6 Å². The molecule has 2 fully saturated rings. The van der Waals surface area contributed by atoms with Crippen molar-refractivity contribution < 1.29 is 78.0 Å². The third-order valence-electron chi connectivity index (χ3n) is 17.8. The summed E-state index contributed by atoms with van der Waals surface area (Å²) >= 11 is 0. The molecule has 4 aliphatic heterocycles. The Morgan fingerprint density at radius 1 is 0.495 bits per heavy atom. The van der Waals surface area contributed by atoms with Crippen LogP contribution < -0.4 is 29.6 Å². The van der Waals surface area contributed by atoms with Gasteiger partial charge in [0, 0.05) is 95.1 Å². The Balaban J connectivity index is 0.000000140. The number of carbonyl (C=O) groups is 6. The molecule has 6 aliphatic rings. The topological polar surface area (TPSA) is 300 Å². The largest absolute Gasteiger partial charge is 0.489 e. The third-order valence-corrected chi connectivity index (χ3v) is 17.8. The highest BCUT2D eigenvalue weighted by atomic mass is 16.5. The van der Waals surface area contributed by atoms with E-state index in [4.69, 9.17) is 34.3 Å². The van der Waals surface area contributed by atoms with Gasteiger partial charge in [0.15, 0.2) is 11.6 Å². The molecule has 2 aliphatic carbocycles. The van der Waals surface area contributed by atoms with Crippen molar-refractivity contribution in [3.63, 3.8) is 0 Å². The number of carboxylic acid groups (broad SMARTS) is 1. The maximum absolute atomic E-state index is 12.9. The van der Waals surface area contributed by atoms with E-state index in [1.54, 1.807) is 61.8 Å². The van der Waals surface area contributed by atoms with Crippen LogP contribution in [0.4, 0.5) is 11.6 Å². The first-order valence-electron chi connectivity index (χ1n) is 30.6. The maximum atomic E-state index is 12.9. The molecule has 2 amide bonds. The number of ketones is 2. The van der Waals surface area contributed by atoms with E-state index in [0.717, 1.165) is 78.3 Å². The molecule has 6 aromatic carbocycles. The number of amides is 2. The van der Waals surface area contributed by atoms with Crippen molar-refractivity contribution in [2.45, 2.75) is 117 Å². The number of methoxy groups -OCH3 is 1. The van der Waals surface area contributed by atoms with Gasteiger partial charge in [0.1, 0.15) is 58.3 Å². The molecule has 0 bridgehead atoms. The van der Waals surface area contributed by atoms with Gasteiger partial charge in [-0.3, -0.25) is 19.2 Å². The van der Waals surface area contributed by atoms with Gasteiger partial charge in [-0.1, -0.05) is 36.4 Å². The minimum absolute atomic E-state index is 0.00666. The number of anilines is 2. The summed E-state index contributed by atoms with van der Waals surface area (Å²) in [6, 6.07) is 35.9. The first-order chi connectivity index (χ1) is 44.9. The van der Waals surface area contributed by atoms with E-state index in [2.05, 4.69) is 25.3 Å². The van der Waals surface area contributed by atoms with Gasteiger partial charge in [-0.2, -0.15) is 0 Å². The molecule has 20 heteroatoms. The number of esters is 1. The lowest BCUT2D eigenvalue weighted by molar-refractivity contribution is -0.117. The molecular formula is C73H70N4O16. The van der Waals surface area contributed by atoms with E-state index in [1.165, 1.54) is 13.2 Å². The average Bonchev–Trinajstić information content (AvgIpc) is 1.56. The number of carboxylic acids is 1. The Morgan fingerprint density at radius 2 is 0.871 bits per heavy atom. The number of carbonyl (C=O) groups excluding carboxylic acids is 5. The van der Waals surface area contributed by atoms with Crippen molar-refractivity contribution >= 4 is 47.0 Å². The second-order valence-corrected chi connectivity index (χ2v) is 23.8. The fourth-order valence-electron chi connectivity index (χ4n) is 12.4. The summed E-state index contributed by atoms with van der Waals surface area (Å²) in [4.78, 5) is 79.2. The van der Waals surface area contributed by atoms with E-state index in [-0.39, 0.29) is 97.2 Å². The summed E-state index contributed by atoms with van der Waals surface area (Å²) in [5.41, 5.74) is 12.9. The number of pyridine rings is 2. The van der Waals surface area contributed by atoms with Gasteiger partial charge in [0.2, 0.25) is 11.8 Å². The van der Waals surface area contributed by atoms with Crippen molar-refractivity contribution in [3.05, 3.63) is 223 Å². The summed E-state index contributed by atoms with van der Waals surface area (Å²) in [6.07, 6.45) is 6.16. The van der Waals surface area contributed by atoms with Gasteiger partial charge >= 0.3 is 11.9 Å². The monoisotopic (exact) mass is 1260 g/mol. The highest BCUT2D eigenvalue weighted by Crippen LogP contribution is 2.62. The molecule has 6 heterocycles. The second-order valence-electron chi connectivity index (χ2n) is 23.8. The predicted molar refractivity (Wildman–Crippen MR) is 341 cm³/mol. The molecule has 0 saturated heterocycles. The molecule has 14 rings (SSSR count). The lowest BCUT2D eigenvalue weighted by Gasteiger charge is -2.19. The molecule has 93 heavy (non-hydrogen) atoms. The lowest BCUT2D eigenvalue weighted by Crippen LogP contribution is -2.20. The number of aliphatic hydroxyl groups is 4. The van der Waals surface area contributed by atoms with Crippen molar-refractivity contribution in [3.8, 4) is 34.5 Å². The number of ether oxygens (including phenoxy) is 5. The number of aromatic carboxylic acids is 1. The first kappa shape index (κ1) is 64.4. The number of nitrogens with one attached hydrogen (secondary N) is 2.